The quantitative estimate of drug-likeness (QED) is 0.604. The Morgan fingerprint density at radius 3 is 1.78 bits per heavy atom. The topological polar surface area (TPSA) is 0 Å². The van der Waals surface area contributed by atoms with E-state index in [0.29, 0.717) is 0 Å². The molecule has 0 aromatic rings. The third kappa shape index (κ3) is 11.5. The average molecular weight is 303 g/mol. The Bertz CT molecular complexity index is 91.1. The number of hydrogen-bond acceptors (Lipinski definition) is 0. The van der Waals surface area contributed by atoms with E-state index in [1.807, 2.05) is 6.92 Å². The molecule has 0 unspecified atom stereocenters. The van der Waals surface area contributed by atoms with Crippen molar-refractivity contribution in [2.75, 3.05) is 0 Å². The molecule has 0 atom stereocenters. The maximum atomic E-state index is 3.36. The second-order valence-electron chi connectivity index (χ2n) is 1.50. The van der Waals surface area contributed by atoms with Gasteiger partial charge in [0, 0.05) is 21.1 Å². The first-order chi connectivity index (χ1) is 3.91. The van der Waals surface area contributed by atoms with Crippen molar-refractivity contribution in [1.29, 1.82) is 0 Å². The standard InChI is InChI=1S/C5H6.C3H6.Pt/c1-2-4-5-3-1;1-3-2;/h1-4H,5H2;3H,1H2,2H3;. The molecular weight excluding hydrogens is 291 g/mol. The fourth-order valence-electron chi connectivity index (χ4n) is 0.393. The van der Waals surface area contributed by atoms with Crippen LogP contribution in [-0.4, -0.2) is 0 Å². The molecule has 1 rings (SSSR count). The molecule has 0 amide bonds. The second kappa shape index (κ2) is 10.8. The van der Waals surface area contributed by atoms with Crippen LogP contribution in [0.15, 0.2) is 37.0 Å². The summed E-state index contributed by atoms with van der Waals surface area (Å²) in [5.41, 5.74) is 0. The fourth-order valence-corrected chi connectivity index (χ4v) is 0.393. The summed E-state index contributed by atoms with van der Waals surface area (Å²) in [5, 5.41) is 0. The van der Waals surface area contributed by atoms with Crippen LogP contribution in [0.1, 0.15) is 13.3 Å². The van der Waals surface area contributed by atoms with Crippen LogP contribution in [0.3, 0.4) is 0 Å². The molecule has 0 aromatic carbocycles. The van der Waals surface area contributed by atoms with Crippen molar-refractivity contribution in [3.05, 3.63) is 37.0 Å². The van der Waals surface area contributed by atoms with E-state index in [4.69, 9.17) is 0 Å². The van der Waals surface area contributed by atoms with Crippen LogP contribution in [0.4, 0.5) is 0 Å². The zero-order chi connectivity index (χ0) is 6.24. The van der Waals surface area contributed by atoms with Gasteiger partial charge in [-0.15, -0.1) is 6.58 Å². The molecule has 0 heterocycles. The molecule has 0 aliphatic heterocycles. The molecule has 0 spiro atoms. The molecule has 0 bridgehead atoms. The third-order valence-corrected chi connectivity index (χ3v) is 0.655. The Balaban J connectivity index is 0. The van der Waals surface area contributed by atoms with Crippen LogP contribution in [0.2, 0.25) is 0 Å². The summed E-state index contributed by atoms with van der Waals surface area (Å²) in [5.74, 6) is 0. The molecule has 9 heavy (non-hydrogen) atoms. The van der Waals surface area contributed by atoms with Gasteiger partial charge < -0.3 is 0 Å². The molecule has 0 aromatic heterocycles. The maximum absolute atomic E-state index is 3.36. The van der Waals surface area contributed by atoms with Gasteiger partial charge in [0.25, 0.3) is 0 Å². The second-order valence-corrected chi connectivity index (χ2v) is 1.50. The van der Waals surface area contributed by atoms with Gasteiger partial charge in [-0.1, -0.05) is 30.4 Å². The van der Waals surface area contributed by atoms with Crippen LogP contribution in [0, 0.1) is 0 Å². The van der Waals surface area contributed by atoms with Gasteiger partial charge in [0.1, 0.15) is 0 Å². The van der Waals surface area contributed by atoms with Crippen molar-refractivity contribution in [1.82, 2.24) is 0 Å². The first-order valence-electron chi connectivity index (χ1n) is 2.80. The van der Waals surface area contributed by atoms with Gasteiger partial charge in [0.05, 0.1) is 0 Å². The van der Waals surface area contributed by atoms with E-state index < -0.39 is 0 Å². The van der Waals surface area contributed by atoms with Gasteiger partial charge in [0.15, 0.2) is 0 Å². The summed E-state index contributed by atoms with van der Waals surface area (Å²) in [7, 11) is 0. The van der Waals surface area contributed by atoms with Crippen LogP contribution in [0.5, 0.6) is 0 Å². The number of hydrogen-bond donors (Lipinski definition) is 0. The predicted octanol–water partition coefficient (Wildman–Crippen LogP) is 2.69. The van der Waals surface area contributed by atoms with Crippen molar-refractivity contribution >= 4 is 0 Å². The minimum absolute atomic E-state index is 0. The Morgan fingerprint density at radius 1 is 1.33 bits per heavy atom. The van der Waals surface area contributed by atoms with Crippen molar-refractivity contribution < 1.29 is 21.1 Å². The van der Waals surface area contributed by atoms with Crippen molar-refractivity contribution in [3.8, 4) is 0 Å². The Kier molecular flexibility index (Phi) is 14.0. The molecule has 1 aliphatic rings. The van der Waals surface area contributed by atoms with Gasteiger partial charge in [-0.05, 0) is 13.3 Å². The normalized spacial score (nSPS) is 11.2. The first-order valence-corrected chi connectivity index (χ1v) is 2.80. The molecule has 1 heteroatoms. The van der Waals surface area contributed by atoms with E-state index in [1.165, 1.54) is 0 Å². The van der Waals surface area contributed by atoms with Crippen LogP contribution in [-0.2, 0) is 21.1 Å². The van der Waals surface area contributed by atoms with E-state index in [-0.39, 0.29) is 21.1 Å². The van der Waals surface area contributed by atoms with Crippen LogP contribution in [0.25, 0.3) is 0 Å². The third-order valence-electron chi connectivity index (χ3n) is 0.655. The molecule has 0 fully saturated rings. The largest absolute Gasteiger partial charge is 0.103 e. The molecule has 1 aliphatic carbocycles. The minimum atomic E-state index is 0. The Hall–Kier alpha value is -0.0917. The molecule has 0 nitrogen and oxygen atoms in total. The smallest absolute Gasteiger partial charge is 0 e. The average Bonchev–Trinajstić information content (AvgIpc) is 2.17. The van der Waals surface area contributed by atoms with Crippen molar-refractivity contribution in [2.24, 2.45) is 0 Å². The Morgan fingerprint density at radius 2 is 1.67 bits per heavy atom. The van der Waals surface area contributed by atoms with Gasteiger partial charge in [-0.2, -0.15) is 0 Å². The van der Waals surface area contributed by atoms with E-state index in [2.05, 4.69) is 30.9 Å². The van der Waals surface area contributed by atoms with E-state index in [1.54, 1.807) is 6.08 Å². The molecule has 0 N–H and O–H groups in total. The molecule has 0 radical (unpaired) electrons. The van der Waals surface area contributed by atoms with E-state index in [0.717, 1.165) is 6.42 Å². The molecule has 0 saturated carbocycles. The molecule has 0 saturated heterocycles. The fraction of sp³-hybridized carbons (Fsp3) is 0.250. The maximum Gasteiger partial charge on any atom is 0 e. The van der Waals surface area contributed by atoms with Gasteiger partial charge in [-0.3, -0.25) is 0 Å². The number of rotatable bonds is 0. The van der Waals surface area contributed by atoms with E-state index in [9.17, 15) is 0 Å². The zero-order valence-electron chi connectivity index (χ0n) is 5.62. The Labute approximate surface area is 71.6 Å². The summed E-state index contributed by atoms with van der Waals surface area (Å²) < 4.78 is 0. The first kappa shape index (κ1) is 11.7. The van der Waals surface area contributed by atoms with E-state index >= 15 is 0 Å². The van der Waals surface area contributed by atoms with Crippen molar-refractivity contribution in [2.45, 2.75) is 13.3 Å². The van der Waals surface area contributed by atoms with Gasteiger partial charge >= 0.3 is 0 Å². The summed E-state index contributed by atoms with van der Waals surface area (Å²) in [6, 6.07) is 0. The SMILES string of the molecule is C1=CCC=C1.C=CC.[Pt]. The monoisotopic (exact) mass is 303 g/mol. The van der Waals surface area contributed by atoms with Crippen LogP contribution < -0.4 is 0 Å². The summed E-state index contributed by atoms with van der Waals surface area (Å²) >= 11 is 0. The predicted molar refractivity (Wildman–Crippen MR) is 38.8 cm³/mol. The minimum Gasteiger partial charge on any atom is -0.103 e. The van der Waals surface area contributed by atoms with Gasteiger partial charge in [-0.25, -0.2) is 0 Å². The van der Waals surface area contributed by atoms with Crippen molar-refractivity contribution in [3.63, 3.8) is 0 Å². The summed E-state index contributed by atoms with van der Waals surface area (Å²) in [6.07, 6.45) is 11.2. The zero-order valence-corrected chi connectivity index (χ0v) is 7.89. The molecular formula is C8H12Pt. The number of allylic oxidation sites excluding steroid dienone is 5. The summed E-state index contributed by atoms with van der Waals surface area (Å²) in [6.45, 7) is 5.25. The summed E-state index contributed by atoms with van der Waals surface area (Å²) in [4.78, 5) is 0. The van der Waals surface area contributed by atoms with Gasteiger partial charge in [0.2, 0.25) is 0 Å². The molecule has 54 valence electrons. The van der Waals surface area contributed by atoms with Crippen LogP contribution >= 0.6 is 0 Å².